The normalized spacial score (nSPS) is 17.1. The van der Waals surface area contributed by atoms with Crippen LogP contribution in [-0.4, -0.2) is 30.2 Å². The van der Waals surface area contributed by atoms with E-state index < -0.39 is 0 Å². The largest absolute Gasteiger partial charge is 0.492 e. The van der Waals surface area contributed by atoms with E-state index in [4.69, 9.17) is 21.3 Å². The van der Waals surface area contributed by atoms with Crippen LogP contribution in [0.3, 0.4) is 0 Å². The Morgan fingerprint density at radius 2 is 1.71 bits per heavy atom. The fourth-order valence-corrected chi connectivity index (χ4v) is 2.84. The van der Waals surface area contributed by atoms with Gasteiger partial charge in [0.05, 0.1) is 6.04 Å². The first kappa shape index (κ1) is 16.7. The Labute approximate surface area is 148 Å². The number of rotatable bonds is 5. The van der Waals surface area contributed by atoms with Crippen LogP contribution in [0.5, 0.6) is 11.5 Å². The second-order valence-electron chi connectivity index (χ2n) is 5.66. The molecule has 2 aromatic carbocycles. The molecule has 1 atom stereocenters. The lowest BCUT2D eigenvalue weighted by Gasteiger charge is -2.17. The molecule has 0 aromatic heterocycles. The highest BCUT2D eigenvalue weighted by Gasteiger charge is 2.23. The molecule has 24 heavy (non-hydrogen) atoms. The number of hydrogen-bond acceptors (Lipinski definition) is 3. The molecule has 0 spiro atoms. The highest BCUT2D eigenvalue weighted by molar-refractivity contribution is 6.13. The molecule has 0 saturated carbocycles. The maximum Gasteiger partial charge on any atom is 0.149 e. The Morgan fingerprint density at radius 3 is 2.38 bits per heavy atom. The summed E-state index contributed by atoms with van der Waals surface area (Å²) in [6, 6.07) is 17.8. The lowest BCUT2D eigenvalue weighted by molar-refractivity contribution is 0.236. The van der Waals surface area contributed by atoms with Gasteiger partial charge in [-0.1, -0.05) is 30.0 Å². The summed E-state index contributed by atoms with van der Waals surface area (Å²) in [4.78, 5) is 0. The van der Waals surface area contributed by atoms with Gasteiger partial charge in [0.2, 0.25) is 0 Å². The third kappa shape index (κ3) is 4.92. The van der Waals surface area contributed by atoms with E-state index in [1.54, 1.807) is 0 Å². The molecule has 2 aromatic rings. The first-order valence-electron chi connectivity index (χ1n) is 8.13. The molecule has 0 N–H and O–H groups in total. The highest BCUT2D eigenvalue weighted by atomic mass is 35.5. The fraction of sp³-hybridized carbons (Fsp3) is 0.300. The Balaban J connectivity index is 1.44. The van der Waals surface area contributed by atoms with Crippen LogP contribution in [-0.2, 0) is 0 Å². The minimum atomic E-state index is 0.302. The maximum atomic E-state index is 6.11. The average molecular weight is 342 g/mol. The predicted octanol–water partition coefficient (Wildman–Crippen LogP) is 4.11. The van der Waals surface area contributed by atoms with Crippen molar-refractivity contribution in [2.75, 3.05) is 19.8 Å². The Hall–Kier alpha value is -2.15. The highest BCUT2D eigenvalue weighted by Crippen LogP contribution is 2.22. The van der Waals surface area contributed by atoms with E-state index >= 15 is 0 Å². The minimum absolute atomic E-state index is 0.302. The Morgan fingerprint density at radius 1 is 1.00 bits per heavy atom. The fourth-order valence-electron chi connectivity index (χ4n) is 2.57. The second-order valence-corrected chi connectivity index (χ2v) is 6.09. The van der Waals surface area contributed by atoms with Gasteiger partial charge in [0, 0.05) is 12.1 Å². The van der Waals surface area contributed by atoms with Crippen molar-refractivity contribution in [1.29, 1.82) is 0 Å². The van der Waals surface area contributed by atoms with E-state index in [0.29, 0.717) is 19.3 Å². The van der Waals surface area contributed by atoms with Crippen LogP contribution in [0.4, 0.5) is 0 Å². The van der Waals surface area contributed by atoms with Crippen molar-refractivity contribution in [1.82, 2.24) is 4.42 Å². The molecule has 0 unspecified atom stereocenters. The molecule has 124 valence electrons. The topological polar surface area (TPSA) is 21.7 Å². The summed E-state index contributed by atoms with van der Waals surface area (Å²) in [6.07, 6.45) is 2.22. The molecule has 4 heteroatoms. The zero-order valence-electron chi connectivity index (χ0n) is 13.5. The molecule has 1 heterocycles. The van der Waals surface area contributed by atoms with Crippen molar-refractivity contribution in [2.45, 2.75) is 18.9 Å². The van der Waals surface area contributed by atoms with Gasteiger partial charge in [-0.2, -0.15) is 0 Å². The lowest BCUT2D eigenvalue weighted by atomic mass is 10.2. The van der Waals surface area contributed by atoms with Gasteiger partial charge in [0.1, 0.15) is 24.7 Å². The Bertz CT molecular complexity index is 691. The molecule has 3 nitrogen and oxygen atoms in total. The smallest absolute Gasteiger partial charge is 0.149 e. The maximum absolute atomic E-state index is 6.11. The SMILES string of the molecule is ClN1CCC[C@@H]1COc1ccc(OCC#Cc2ccccc2)cc1. The summed E-state index contributed by atoms with van der Waals surface area (Å²) in [5, 5.41) is 0. The van der Waals surface area contributed by atoms with Gasteiger partial charge in [0.15, 0.2) is 0 Å². The molecule has 1 aliphatic heterocycles. The van der Waals surface area contributed by atoms with Gasteiger partial charge < -0.3 is 9.47 Å². The van der Waals surface area contributed by atoms with Crippen molar-refractivity contribution in [3.05, 3.63) is 60.2 Å². The first-order valence-corrected chi connectivity index (χ1v) is 8.47. The lowest BCUT2D eigenvalue weighted by Crippen LogP contribution is -2.26. The van der Waals surface area contributed by atoms with Crippen LogP contribution in [0.15, 0.2) is 54.6 Å². The molecule has 0 bridgehead atoms. The van der Waals surface area contributed by atoms with E-state index in [0.717, 1.165) is 36.4 Å². The third-order valence-electron chi connectivity index (χ3n) is 3.89. The molecule has 1 saturated heterocycles. The van der Waals surface area contributed by atoms with E-state index in [2.05, 4.69) is 11.8 Å². The predicted molar refractivity (Wildman–Crippen MR) is 96.3 cm³/mol. The van der Waals surface area contributed by atoms with Crippen molar-refractivity contribution in [3.63, 3.8) is 0 Å². The van der Waals surface area contributed by atoms with Crippen LogP contribution in [0, 0.1) is 11.8 Å². The van der Waals surface area contributed by atoms with E-state index in [1.807, 2.05) is 59.0 Å². The number of hydrogen-bond donors (Lipinski definition) is 0. The van der Waals surface area contributed by atoms with Crippen molar-refractivity contribution in [2.24, 2.45) is 0 Å². The number of halogens is 1. The van der Waals surface area contributed by atoms with E-state index in [-0.39, 0.29) is 0 Å². The molecule has 3 rings (SSSR count). The summed E-state index contributed by atoms with van der Waals surface area (Å²) in [5.74, 6) is 7.68. The third-order valence-corrected chi connectivity index (χ3v) is 4.33. The van der Waals surface area contributed by atoms with Crippen molar-refractivity contribution < 1.29 is 9.47 Å². The molecule has 0 aliphatic carbocycles. The number of ether oxygens (including phenoxy) is 2. The van der Waals surface area contributed by atoms with Crippen LogP contribution in [0.25, 0.3) is 0 Å². The van der Waals surface area contributed by atoms with Gasteiger partial charge in [-0.05, 0) is 61.0 Å². The van der Waals surface area contributed by atoms with Crippen molar-refractivity contribution >= 4 is 11.8 Å². The van der Waals surface area contributed by atoms with Crippen LogP contribution in [0.1, 0.15) is 18.4 Å². The van der Waals surface area contributed by atoms with Gasteiger partial charge in [-0.3, -0.25) is 0 Å². The summed E-state index contributed by atoms with van der Waals surface area (Å²) in [7, 11) is 0. The van der Waals surface area contributed by atoms with E-state index in [9.17, 15) is 0 Å². The quantitative estimate of drug-likeness (QED) is 0.603. The van der Waals surface area contributed by atoms with E-state index in [1.165, 1.54) is 0 Å². The second kappa shape index (κ2) is 8.63. The van der Waals surface area contributed by atoms with Gasteiger partial charge in [0.25, 0.3) is 0 Å². The summed E-state index contributed by atoms with van der Waals surface area (Å²) in [6.45, 7) is 1.91. The van der Waals surface area contributed by atoms with Crippen LogP contribution < -0.4 is 9.47 Å². The summed E-state index contributed by atoms with van der Waals surface area (Å²) >= 11 is 6.11. The molecule has 0 radical (unpaired) electrons. The minimum Gasteiger partial charge on any atom is -0.492 e. The average Bonchev–Trinajstić information content (AvgIpc) is 3.04. The molecular weight excluding hydrogens is 322 g/mol. The summed E-state index contributed by atoms with van der Waals surface area (Å²) in [5.41, 5.74) is 0.991. The molecule has 1 aliphatic rings. The number of nitrogens with zero attached hydrogens (tertiary/aromatic N) is 1. The van der Waals surface area contributed by atoms with Gasteiger partial charge in [-0.25, -0.2) is 4.42 Å². The van der Waals surface area contributed by atoms with Crippen LogP contribution in [0.2, 0.25) is 0 Å². The Kier molecular flexibility index (Phi) is 6.01. The first-order chi connectivity index (χ1) is 11.8. The zero-order chi connectivity index (χ0) is 16.6. The monoisotopic (exact) mass is 341 g/mol. The molecule has 1 fully saturated rings. The zero-order valence-corrected chi connectivity index (χ0v) is 14.2. The van der Waals surface area contributed by atoms with Gasteiger partial charge in [-0.15, -0.1) is 0 Å². The van der Waals surface area contributed by atoms with Crippen LogP contribution >= 0.6 is 11.8 Å². The standard InChI is InChI=1S/C20H20ClNO2/c21-22-14-4-9-18(22)16-24-20-12-10-19(11-13-20)23-15-5-8-17-6-2-1-3-7-17/h1-3,6-7,10-13,18H,4,9,14-16H2/t18-/m1/s1. The van der Waals surface area contributed by atoms with Crippen molar-refractivity contribution in [3.8, 4) is 23.3 Å². The summed E-state index contributed by atoms with van der Waals surface area (Å²) < 4.78 is 13.2. The number of benzene rings is 2. The molecular formula is C20H20ClNO2. The molecule has 0 amide bonds. The van der Waals surface area contributed by atoms with Gasteiger partial charge >= 0.3 is 0 Å².